The molecule has 1 saturated carbocycles. The van der Waals surface area contributed by atoms with Crippen molar-refractivity contribution in [3.8, 4) is 0 Å². The summed E-state index contributed by atoms with van der Waals surface area (Å²) in [4.78, 5) is 22.0. The summed E-state index contributed by atoms with van der Waals surface area (Å²) in [5.74, 6) is -2.08. The Morgan fingerprint density at radius 2 is 1.63 bits per heavy atom. The fourth-order valence-corrected chi connectivity index (χ4v) is 6.68. The number of fused-ring (bicyclic) bond motifs is 1. The van der Waals surface area contributed by atoms with Gasteiger partial charge in [0.15, 0.2) is 0 Å². The second-order valence-electron chi connectivity index (χ2n) is 11.5. The third-order valence-corrected chi connectivity index (χ3v) is 8.85. The zero-order valence-electron chi connectivity index (χ0n) is 21.4. The summed E-state index contributed by atoms with van der Waals surface area (Å²) in [5.41, 5.74) is 2.47. The first-order valence-corrected chi connectivity index (χ1v) is 13.4. The van der Waals surface area contributed by atoms with Crippen LogP contribution in [0.15, 0.2) is 24.3 Å². The number of urea groups is 1. The number of piperazine rings is 1. The summed E-state index contributed by atoms with van der Waals surface area (Å²) in [6.45, 7) is 12.9. The van der Waals surface area contributed by atoms with Crippen molar-refractivity contribution in [3.63, 3.8) is 0 Å². The number of benzene rings is 1. The number of nitrogens with zero attached hydrogens (tertiary/aromatic N) is 4. The molecular weight excluding hydrogens is 448 g/mol. The molecule has 3 aliphatic heterocycles. The lowest BCUT2D eigenvalue weighted by Crippen LogP contribution is -2.65. The number of likely N-dealkylation sites (tertiary alicyclic amines) is 1. The Kier molecular flexibility index (Phi) is 6.96. The van der Waals surface area contributed by atoms with Crippen molar-refractivity contribution in [2.75, 3.05) is 57.3 Å². The lowest BCUT2D eigenvalue weighted by molar-refractivity contribution is -0.0971. The van der Waals surface area contributed by atoms with E-state index in [9.17, 15) is 4.79 Å². The Bertz CT molecular complexity index is 872. The Balaban J connectivity index is 1.19. The largest absolute Gasteiger partial charge is 0.371 e. The molecule has 3 saturated heterocycles. The highest BCUT2D eigenvalue weighted by Gasteiger charge is 2.51. The number of hydrogen-bond donors (Lipinski definition) is 1. The standard InChI is InChI=1S/C27H41F2N5O/c1-19(2)31-11-13-32(14-12-31)24-5-4-10-27(28,29)25(24)30-26(35)34-17-21-15-33(16-22(21)18-34)23-8-6-20(3)7-9-23/h6-9,19,21-22,24-25H,4-5,10-18H2,1-3H3,(H,30,35)/t21-,22+,24-,25+/m0/s1. The monoisotopic (exact) mass is 489 g/mol. The number of halogens is 2. The number of alkyl halides is 2. The Morgan fingerprint density at radius 3 is 2.23 bits per heavy atom. The van der Waals surface area contributed by atoms with Crippen LogP contribution < -0.4 is 10.2 Å². The van der Waals surface area contributed by atoms with Gasteiger partial charge in [0.25, 0.3) is 5.92 Å². The molecule has 0 spiro atoms. The smallest absolute Gasteiger partial charge is 0.317 e. The van der Waals surface area contributed by atoms with Crippen molar-refractivity contribution >= 4 is 11.7 Å². The van der Waals surface area contributed by atoms with Crippen molar-refractivity contribution in [1.82, 2.24) is 20.0 Å². The maximum absolute atomic E-state index is 15.1. The number of anilines is 1. The van der Waals surface area contributed by atoms with E-state index in [1.807, 2.05) is 0 Å². The molecule has 35 heavy (non-hydrogen) atoms. The molecule has 1 aromatic carbocycles. The molecule has 1 N–H and O–H groups in total. The van der Waals surface area contributed by atoms with Crippen LogP contribution in [0.2, 0.25) is 0 Å². The lowest BCUT2D eigenvalue weighted by Gasteiger charge is -2.47. The van der Waals surface area contributed by atoms with E-state index >= 15 is 8.78 Å². The summed E-state index contributed by atoms with van der Waals surface area (Å²) in [6.07, 6.45) is 1.09. The molecule has 8 heteroatoms. The zero-order chi connectivity index (χ0) is 24.7. The van der Waals surface area contributed by atoms with Gasteiger partial charge in [-0.15, -0.1) is 0 Å². The summed E-state index contributed by atoms with van der Waals surface area (Å²) in [5, 5.41) is 2.84. The normalized spacial score (nSPS) is 31.7. The van der Waals surface area contributed by atoms with Crippen LogP contribution in [0.1, 0.15) is 38.7 Å². The maximum Gasteiger partial charge on any atom is 0.317 e. The van der Waals surface area contributed by atoms with E-state index in [2.05, 4.69) is 65.1 Å². The molecule has 0 radical (unpaired) electrons. The topological polar surface area (TPSA) is 42.1 Å². The number of hydrogen-bond acceptors (Lipinski definition) is 4. The predicted molar refractivity (Wildman–Crippen MR) is 135 cm³/mol. The van der Waals surface area contributed by atoms with Gasteiger partial charge in [-0.25, -0.2) is 13.6 Å². The van der Waals surface area contributed by atoms with Gasteiger partial charge in [0.2, 0.25) is 0 Å². The Morgan fingerprint density at radius 1 is 1.00 bits per heavy atom. The molecule has 4 atom stereocenters. The van der Waals surface area contributed by atoms with Gasteiger partial charge in [0, 0.05) is 88.4 Å². The molecule has 1 aromatic rings. The maximum atomic E-state index is 15.1. The van der Waals surface area contributed by atoms with Gasteiger partial charge < -0.3 is 15.1 Å². The quantitative estimate of drug-likeness (QED) is 0.701. The minimum Gasteiger partial charge on any atom is -0.371 e. The molecule has 5 rings (SSSR count). The number of rotatable bonds is 4. The minimum absolute atomic E-state index is 0.142. The summed E-state index contributed by atoms with van der Waals surface area (Å²) in [6, 6.07) is 7.34. The second kappa shape index (κ2) is 9.85. The number of carbonyl (C=O) groups is 1. The van der Waals surface area contributed by atoms with Gasteiger partial charge in [-0.3, -0.25) is 9.80 Å². The number of amides is 2. The summed E-state index contributed by atoms with van der Waals surface area (Å²) in [7, 11) is 0. The Labute approximate surface area is 208 Å². The highest BCUT2D eigenvalue weighted by Crippen LogP contribution is 2.38. The van der Waals surface area contributed by atoms with Crippen molar-refractivity contribution in [1.29, 1.82) is 0 Å². The first-order chi connectivity index (χ1) is 16.7. The number of aryl methyl sites for hydroxylation is 1. The first-order valence-electron chi connectivity index (χ1n) is 13.4. The fourth-order valence-electron chi connectivity index (χ4n) is 6.68. The van der Waals surface area contributed by atoms with Crippen LogP contribution >= 0.6 is 0 Å². The van der Waals surface area contributed by atoms with Gasteiger partial charge in [-0.1, -0.05) is 17.7 Å². The average molecular weight is 490 g/mol. The molecule has 2 amide bonds. The van der Waals surface area contributed by atoms with E-state index in [0.717, 1.165) is 45.7 Å². The highest BCUT2D eigenvalue weighted by molar-refractivity contribution is 5.75. The predicted octanol–water partition coefficient (Wildman–Crippen LogP) is 3.66. The highest BCUT2D eigenvalue weighted by atomic mass is 19.3. The van der Waals surface area contributed by atoms with Crippen molar-refractivity contribution < 1.29 is 13.6 Å². The van der Waals surface area contributed by atoms with Crippen LogP contribution in [0.3, 0.4) is 0 Å². The van der Waals surface area contributed by atoms with Crippen molar-refractivity contribution in [3.05, 3.63) is 29.8 Å². The van der Waals surface area contributed by atoms with E-state index in [-0.39, 0.29) is 18.5 Å². The molecule has 4 fully saturated rings. The number of nitrogens with one attached hydrogen (secondary N) is 1. The second-order valence-corrected chi connectivity index (χ2v) is 11.5. The number of carbonyl (C=O) groups excluding carboxylic acids is 1. The SMILES string of the molecule is Cc1ccc(N2C[C@H]3CN(C(=O)N[C@@H]4[C@@H](N5CCN(C(C)C)CC5)CCCC4(F)F)C[C@H]3C2)cc1. The van der Waals surface area contributed by atoms with Crippen molar-refractivity contribution in [2.45, 2.75) is 64.1 Å². The van der Waals surface area contributed by atoms with Gasteiger partial charge in [0.05, 0.1) is 0 Å². The minimum atomic E-state index is -2.87. The molecule has 4 aliphatic rings. The van der Waals surface area contributed by atoms with Crippen LogP contribution in [0.5, 0.6) is 0 Å². The summed E-state index contributed by atoms with van der Waals surface area (Å²) < 4.78 is 30.3. The first kappa shape index (κ1) is 24.8. The van der Waals surface area contributed by atoms with Crippen LogP contribution in [-0.2, 0) is 0 Å². The summed E-state index contributed by atoms with van der Waals surface area (Å²) >= 11 is 0. The van der Waals surface area contributed by atoms with E-state index in [4.69, 9.17) is 0 Å². The molecule has 1 aliphatic carbocycles. The molecule has 3 heterocycles. The van der Waals surface area contributed by atoms with Crippen LogP contribution in [-0.4, -0.2) is 97.1 Å². The van der Waals surface area contributed by atoms with Gasteiger partial charge in [-0.05, 0) is 45.7 Å². The van der Waals surface area contributed by atoms with Gasteiger partial charge in [-0.2, -0.15) is 0 Å². The third kappa shape index (κ3) is 5.15. The van der Waals surface area contributed by atoms with E-state index in [1.165, 1.54) is 11.3 Å². The molecule has 0 aromatic heterocycles. The molecular formula is C27H41F2N5O. The average Bonchev–Trinajstić information content (AvgIpc) is 3.40. The van der Waals surface area contributed by atoms with E-state index in [1.54, 1.807) is 4.90 Å². The Hall–Kier alpha value is -1.93. The van der Waals surface area contributed by atoms with Gasteiger partial charge >= 0.3 is 6.03 Å². The van der Waals surface area contributed by atoms with Gasteiger partial charge in [0.1, 0.15) is 6.04 Å². The molecule has 6 nitrogen and oxygen atoms in total. The molecule has 194 valence electrons. The van der Waals surface area contributed by atoms with Crippen LogP contribution in [0.4, 0.5) is 19.3 Å². The molecule has 0 bridgehead atoms. The van der Waals surface area contributed by atoms with Crippen LogP contribution in [0.25, 0.3) is 0 Å². The van der Waals surface area contributed by atoms with Crippen molar-refractivity contribution in [2.24, 2.45) is 11.8 Å². The lowest BCUT2D eigenvalue weighted by atomic mass is 9.85. The third-order valence-electron chi connectivity index (χ3n) is 8.85. The van der Waals surface area contributed by atoms with E-state index < -0.39 is 12.0 Å². The zero-order valence-corrected chi connectivity index (χ0v) is 21.4. The molecule has 0 unspecified atom stereocenters. The fraction of sp³-hybridized carbons (Fsp3) is 0.741. The van der Waals surface area contributed by atoms with E-state index in [0.29, 0.717) is 37.4 Å². The van der Waals surface area contributed by atoms with Crippen LogP contribution in [0, 0.1) is 18.8 Å².